The summed E-state index contributed by atoms with van der Waals surface area (Å²) < 4.78 is 1.61. The number of halogens is 2. The molecule has 0 saturated carbocycles. The van der Waals surface area contributed by atoms with E-state index in [1.165, 1.54) is 22.7 Å². The van der Waals surface area contributed by atoms with Gasteiger partial charge in [-0.05, 0) is 56.1 Å². The smallest absolute Gasteiger partial charge is 0.217 e. The van der Waals surface area contributed by atoms with E-state index in [0.717, 1.165) is 25.0 Å². The summed E-state index contributed by atoms with van der Waals surface area (Å²) in [5.74, 6) is 0.0752. The Morgan fingerprint density at radius 1 is 1.20 bits per heavy atom. The third-order valence-corrected chi connectivity index (χ3v) is 6.90. The SMILES string of the molecule is Nc1nc(Nc2ccc3nc[nH]c3c2)sc1C(=O)c1sc(Br)cc1Br. The molecule has 0 saturated heterocycles. The molecule has 25 heavy (non-hydrogen) atoms. The van der Waals surface area contributed by atoms with Gasteiger partial charge in [-0.3, -0.25) is 4.79 Å². The number of rotatable bonds is 4. The number of imidazole rings is 1. The second kappa shape index (κ2) is 6.52. The summed E-state index contributed by atoms with van der Waals surface area (Å²) in [5, 5.41) is 3.74. The Hall–Kier alpha value is -1.75. The molecule has 0 fully saturated rings. The largest absolute Gasteiger partial charge is 0.382 e. The van der Waals surface area contributed by atoms with Crippen molar-refractivity contribution in [3.63, 3.8) is 0 Å². The number of hydrogen-bond donors (Lipinski definition) is 3. The molecule has 4 rings (SSSR count). The van der Waals surface area contributed by atoms with Crippen molar-refractivity contribution in [2.24, 2.45) is 0 Å². The maximum atomic E-state index is 12.7. The molecule has 0 unspecified atom stereocenters. The van der Waals surface area contributed by atoms with Crippen LogP contribution in [-0.2, 0) is 0 Å². The molecular weight excluding hydrogens is 490 g/mol. The number of nitrogen functional groups attached to an aromatic ring is 1. The standard InChI is InChI=1S/C15H9Br2N5OS2/c16-7-4-10(17)24-12(7)11(23)13-14(18)22-15(25-13)21-6-1-2-8-9(3-6)20-5-19-8/h1-5H,18H2,(H,19,20)(H,21,22). The van der Waals surface area contributed by atoms with Crippen LogP contribution in [0.25, 0.3) is 11.0 Å². The van der Waals surface area contributed by atoms with Gasteiger partial charge >= 0.3 is 0 Å². The highest BCUT2D eigenvalue weighted by Gasteiger charge is 2.22. The molecule has 0 spiro atoms. The Morgan fingerprint density at radius 2 is 2.04 bits per heavy atom. The molecule has 0 aliphatic heterocycles. The summed E-state index contributed by atoms with van der Waals surface area (Å²) in [4.78, 5) is 25.2. The van der Waals surface area contributed by atoms with Gasteiger partial charge in [0, 0.05) is 10.2 Å². The first-order valence-electron chi connectivity index (χ1n) is 6.97. The van der Waals surface area contributed by atoms with Crippen LogP contribution in [0.15, 0.2) is 38.9 Å². The number of H-pyrrole nitrogens is 1. The quantitative estimate of drug-likeness (QED) is 0.337. The van der Waals surface area contributed by atoms with Crippen molar-refractivity contribution < 1.29 is 4.79 Å². The number of aromatic amines is 1. The van der Waals surface area contributed by atoms with Crippen LogP contribution in [0.2, 0.25) is 0 Å². The number of thiazole rings is 1. The molecule has 6 nitrogen and oxygen atoms in total. The van der Waals surface area contributed by atoms with E-state index in [1.807, 2.05) is 24.3 Å². The van der Waals surface area contributed by atoms with E-state index in [-0.39, 0.29) is 11.6 Å². The highest BCUT2D eigenvalue weighted by atomic mass is 79.9. The van der Waals surface area contributed by atoms with Crippen LogP contribution in [0.3, 0.4) is 0 Å². The number of ketones is 1. The molecule has 0 amide bonds. The van der Waals surface area contributed by atoms with Crippen LogP contribution in [0.1, 0.15) is 14.5 Å². The second-order valence-corrected chi connectivity index (χ2v) is 9.33. The van der Waals surface area contributed by atoms with E-state index < -0.39 is 0 Å². The molecule has 3 heterocycles. The van der Waals surface area contributed by atoms with E-state index in [4.69, 9.17) is 5.73 Å². The zero-order valence-corrected chi connectivity index (χ0v) is 17.1. The van der Waals surface area contributed by atoms with Crippen molar-refractivity contribution in [2.75, 3.05) is 11.1 Å². The summed E-state index contributed by atoms with van der Waals surface area (Å²) in [6, 6.07) is 7.56. The van der Waals surface area contributed by atoms with E-state index in [2.05, 4.69) is 52.1 Å². The lowest BCUT2D eigenvalue weighted by Gasteiger charge is -2.01. The minimum absolute atomic E-state index is 0.144. The van der Waals surface area contributed by atoms with Crippen LogP contribution >= 0.6 is 54.5 Å². The molecule has 1 aromatic carbocycles. The maximum Gasteiger partial charge on any atom is 0.217 e. The number of anilines is 3. The number of nitrogens with one attached hydrogen (secondary N) is 2. The number of nitrogens with two attached hydrogens (primary N) is 1. The number of carbonyl (C=O) groups excluding carboxylic acids is 1. The summed E-state index contributed by atoms with van der Waals surface area (Å²) >= 11 is 9.36. The number of benzene rings is 1. The van der Waals surface area contributed by atoms with Crippen molar-refractivity contribution in [3.05, 3.63) is 48.6 Å². The van der Waals surface area contributed by atoms with Crippen molar-refractivity contribution in [3.8, 4) is 0 Å². The maximum absolute atomic E-state index is 12.7. The van der Waals surface area contributed by atoms with Crippen molar-refractivity contribution in [2.45, 2.75) is 0 Å². The summed E-state index contributed by atoms with van der Waals surface area (Å²) in [7, 11) is 0. The third-order valence-electron chi connectivity index (χ3n) is 3.39. The van der Waals surface area contributed by atoms with Crippen LogP contribution in [0.4, 0.5) is 16.6 Å². The number of thiophene rings is 1. The van der Waals surface area contributed by atoms with E-state index in [9.17, 15) is 4.79 Å². The first-order valence-corrected chi connectivity index (χ1v) is 10.2. The van der Waals surface area contributed by atoms with Crippen molar-refractivity contribution in [1.82, 2.24) is 15.0 Å². The minimum atomic E-state index is -0.144. The molecule has 3 aromatic heterocycles. The number of nitrogens with zero attached hydrogens (tertiary/aromatic N) is 2. The van der Waals surface area contributed by atoms with Crippen molar-refractivity contribution >= 4 is 88.0 Å². The zero-order chi connectivity index (χ0) is 17.6. The van der Waals surface area contributed by atoms with Crippen LogP contribution in [-0.4, -0.2) is 20.7 Å². The normalized spacial score (nSPS) is 11.1. The van der Waals surface area contributed by atoms with Gasteiger partial charge in [-0.15, -0.1) is 11.3 Å². The van der Waals surface area contributed by atoms with Crippen LogP contribution in [0, 0.1) is 0 Å². The fourth-order valence-electron chi connectivity index (χ4n) is 2.28. The van der Waals surface area contributed by atoms with Gasteiger partial charge in [-0.2, -0.15) is 0 Å². The first kappa shape index (κ1) is 16.7. The summed E-state index contributed by atoms with van der Waals surface area (Å²) in [6.45, 7) is 0. The molecule has 0 aliphatic rings. The summed E-state index contributed by atoms with van der Waals surface area (Å²) in [5.41, 5.74) is 8.60. The van der Waals surface area contributed by atoms with E-state index in [0.29, 0.717) is 14.9 Å². The average Bonchev–Trinajstić information content (AvgIpc) is 3.25. The Bertz CT molecular complexity index is 1100. The monoisotopic (exact) mass is 497 g/mol. The third kappa shape index (κ3) is 3.22. The summed E-state index contributed by atoms with van der Waals surface area (Å²) in [6.07, 6.45) is 1.64. The molecular formula is C15H9Br2N5OS2. The predicted molar refractivity (Wildman–Crippen MR) is 109 cm³/mol. The Kier molecular flexibility index (Phi) is 4.36. The van der Waals surface area contributed by atoms with Crippen LogP contribution in [0.5, 0.6) is 0 Å². The molecule has 0 radical (unpaired) electrons. The van der Waals surface area contributed by atoms with Gasteiger partial charge in [0.15, 0.2) is 5.13 Å². The Balaban J connectivity index is 1.63. The molecule has 4 aromatic rings. The van der Waals surface area contributed by atoms with Gasteiger partial charge in [0.1, 0.15) is 10.7 Å². The number of fused-ring (bicyclic) bond motifs is 1. The lowest BCUT2D eigenvalue weighted by Crippen LogP contribution is -2.00. The molecule has 10 heteroatoms. The second-order valence-electron chi connectivity index (χ2n) is 5.05. The molecule has 126 valence electrons. The number of hydrogen-bond acceptors (Lipinski definition) is 7. The molecule has 0 atom stereocenters. The number of aromatic nitrogens is 3. The van der Waals surface area contributed by atoms with Crippen LogP contribution < -0.4 is 11.1 Å². The molecule has 4 N–H and O–H groups in total. The first-order chi connectivity index (χ1) is 12.0. The van der Waals surface area contributed by atoms with Gasteiger partial charge in [0.2, 0.25) is 5.78 Å². The predicted octanol–water partition coefficient (Wildman–Crippen LogP) is 5.16. The minimum Gasteiger partial charge on any atom is -0.382 e. The van der Waals surface area contributed by atoms with Gasteiger partial charge in [-0.25, -0.2) is 9.97 Å². The van der Waals surface area contributed by atoms with Gasteiger partial charge in [-0.1, -0.05) is 11.3 Å². The van der Waals surface area contributed by atoms with E-state index in [1.54, 1.807) is 6.33 Å². The topological polar surface area (TPSA) is 96.7 Å². The molecule has 0 aliphatic carbocycles. The van der Waals surface area contributed by atoms with Gasteiger partial charge in [0.25, 0.3) is 0 Å². The van der Waals surface area contributed by atoms with Gasteiger partial charge in [0.05, 0.1) is 26.0 Å². The average molecular weight is 499 g/mol. The Morgan fingerprint density at radius 3 is 2.80 bits per heavy atom. The highest BCUT2D eigenvalue weighted by molar-refractivity contribution is 9.11. The van der Waals surface area contributed by atoms with E-state index >= 15 is 0 Å². The van der Waals surface area contributed by atoms with Crippen molar-refractivity contribution in [1.29, 1.82) is 0 Å². The fourth-order valence-corrected chi connectivity index (χ4v) is 5.75. The molecule has 0 bridgehead atoms. The lowest BCUT2D eigenvalue weighted by molar-refractivity contribution is 0.104. The Labute approximate surface area is 166 Å². The number of carbonyl (C=O) groups is 1. The lowest BCUT2D eigenvalue weighted by atomic mass is 10.3. The zero-order valence-electron chi connectivity index (χ0n) is 12.3. The van der Waals surface area contributed by atoms with Gasteiger partial charge < -0.3 is 16.0 Å². The fraction of sp³-hybridized carbons (Fsp3) is 0. The highest BCUT2D eigenvalue weighted by Crippen LogP contribution is 2.36.